The van der Waals surface area contributed by atoms with Gasteiger partial charge in [-0.25, -0.2) is 9.29 Å². The molecule has 1 aliphatic heterocycles. The first-order valence-corrected chi connectivity index (χ1v) is 9.07. The van der Waals surface area contributed by atoms with E-state index >= 15 is 0 Å². The second-order valence-electron chi connectivity index (χ2n) is 6.86. The Balaban J connectivity index is 1.50. The second kappa shape index (κ2) is 5.96. The van der Waals surface area contributed by atoms with Crippen LogP contribution in [0.2, 0.25) is 0 Å². The molecule has 2 aromatic rings. The van der Waals surface area contributed by atoms with E-state index in [0.29, 0.717) is 17.3 Å². The maximum atomic E-state index is 6.00. The van der Waals surface area contributed by atoms with E-state index in [4.69, 9.17) is 10.5 Å². The van der Waals surface area contributed by atoms with Gasteiger partial charge in [-0.2, -0.15) is 0 Å². The van der Waals surface area contributed by atoms with E-state index in [9.17, 15) is 0 Å². The predicted octanol–water partition coefficient (Wildman–Crippen LogP) is 3.45. The summed E-state index contributed by atoms with van der Waals surface area (Å²) in [6, 6.07) is 8.89. The highest BCUT2D eigenvalue weighted by Crippen LogP contribution is 2.49. The van der Waals surface area contributed by atoms with Gasteiger partial charge in [0.25, 0.3) is 0 Å². The van der Waals surface area contributed by atoms with Gasteiger partial charge in [0.2, 0.25) is 5.88 Å². The van der Waals surface area contributed by atoms with Crippen molar-refractivity contribution in [1.29, 1.82) is 0 Å². The van der Waals surface area contributed by atoms with Crippen LogP contribution in [-0.2, 0) is 0 Å². The second-order valence-corrected chi connectivity index (χ2v) is 8.00. The molecule has 1 aliphatic carbocycles. The molecule has 0 amide bonds. The van der Waals surface area contributed by atoms with Crippen molar-refractivity contribution in [3.05, 3.63) is 30.5 Å². The van der Waals surface area contributed by atoms with Crippen LogP contribution in [-0.4, -0.2) is 35.5 Å². The largest absolute Gasteiger partial charge is 0.481 e. The van der Waals surface area contributed by atoms with Gasteiger partial charge in [-0.15, -0.1) is 0 Å². The first-order valence-electron chi connectivity index (χ1n) is 8.29. The van der Waals surface area contributed by atoms with Gasteiger partial charge in [0.05, 0.1) is 7.11 Å². The molecule has 1 aromatic heterocycles. The summed E-state index contributed by atoms with van der Waals surface area (Å²) in [6.07, 6.45) is 6.84. The maximum Gasteiger partial charge on any atom is 0.221 e. The summed E-state index contributed by atoms with van der Waals surface area (Å²) >= 11 is 1.87. The molecule has 1 spiro atoms. The van der Waals surface area contributed by atoms with Crippen LogP contribution in [0.25, 0.3) is 10.8 Å². The van der Waals surface area contributed by atoms with Crippen molar-refractivity contribution in [2.24, 2.45) is 11.1 Å². The van der Waals surface area contributed by atoms with Gasteiger partial charge >= 0.3 is 0 Å². The summed E-state index contributed by atoms with van der Waals surface area (Å²) in [6.45, 7) is 2.30. The smallest absolute Gasteiger partial charge is 0.221 e. The molecule has 1 aromatic carbocycles. The molecule has 4 nitrogen and oxygen atoms in total. The van der Waals surface area contributed by atoms with E-state index in [1.165, 1.54) is 36.0 Å². The number of piperidine rings is 1. The fraction of sp³-hybridized carbons (Fsp3) is 0.500. The first-order chi connectivity index (χ1) is 11.2. The molecule has 2 heterocycles. The Morgan fingerprint density at radius 3 is 2.70 bits per heavy atom. The number of nitrogens with two attached hydrogens (primary N) is 1. The molecule has 1 saturated heterocycles. The quantitative estimate of drug-likeness (QED) is 0.874. The van der Waals surface area contributed by atoms with Gasteiger partial charge in [0, 0.05) is 41.0 Å². The van der Waals surface area contributed by atoms with E-state index < -0.39 is 0 Å². The highest BCUT2D eigenvalue weighted by molar-refractivity contribution is 7.97. The number of ether oxygens (including phenoxy) is 1. The number of hydrogen-bond donors (Lipinski definition) is 1. The SMILES string of the molecule is COc1nccc2c(SN3CCC4(CC3)CC(N)C4)cccc12. The number of hydrogen-bond acceptors (Lipinski definition) is 5. The third kappa shape index (κ3) is 2.82. The third-order valence-electron chi connectivity index (χ3n) is 5.32. The first kappa shape index (κ1) is 15.2. The number of aromatic nitrogens is 1. The molecular weight excluding hydrogens is 306 g/mol. The van der Waals surface area contributed by atoms with Gasteiger partial charge in [-0.1, -0.05) is 6.07 Å². The fourth-order valence-corrected chi connectivity index (χ4v) is 5.10. The number of fused-ring (bicyclic) bond motifs is 1. The van der Waals surface area contributed by atoms with Crippen LogP contribution in [0.5, 0.6) is 5.88 Å². The molecule has 2 fully saturated rings. The van der Waals surface area contributed by atoms with Crippen molar-refractivity contribution in [3.63, 3.8) is 0 Å². The van der Waals surface area contributed by atoms with Crippen LogP contribution in [0.3, 0.4) is 0 Å². The third-order valence-corrected chi connectivity index (χ3v) is 6.50. The number of nitrogens with zero attached hydrogens (tertiary/aromatic N) is 2. The van der Waals surface area contributed by atoms with Crippen LogP contribution in [0.4, 0.5) is 0 Å². The summed E-state index contributed by atoms with van der Waals surface area (Å²) in [5.74, 6) is 0.700. The molecule has 122 valence electrons. The minimum absolute atomic E-state index is 0.451. The van der Waals surface area contributed by atoms with E-state index in [-0.39, 0.29) is 0 Å². The van der Waals surface area contributed by atoms with Gasteiger partial charge in [0.1, 0.15) is 0 Å². The lowest BCUT2D eigenvalue weighted by atomic mass is 9.61. The Morgan fingerprint density at radius 1 is 1.22 bits per heavy atom. The number of benzene rings is 1. The summed E-state index contributed by atoms with van der Waals surface area (Å²) in [5, 5.41) is 2.30. The average Bonchev–Trinajstić information content (AvgIpc) is 2.55. The molecule has 2 aliphatic rings. The molecule has 23 heavy (non-hydrogen) atoms. The monoisotopic (exact) mass is 329 g/mol. The minimum atomic E-state index is 0.451. The highest BCUT2D eigenvalue weighted by atomic mass is 32.2. The lowest BCUT2D eigenvalue weighted by molar-refractivity contribution is 0.0440. The Kier molecular flexibility index (Phi) is 3.95. The lowest BCUT2D eigenvalue weighted by Crippen LogP contribution is -2.50. The average molecular weight is 329 g/mol. The highest BCUT2D eigenvalue weighted by Gasteiger charge is 2.44. The summed E-state index contributed by atoms with van der Waals surface area (Å²) in [5.41, 5.74) is 6.55. The standard InChI is InChI=1S/C18H23N3OS/c1-22-17-15-3-2-4-16(14(15)5-8-20-17)23-21-9-6-18(7-10-21)11-13(19)12-18/h2-5,8,13H,6-7,9-12,19H2,1H3. The summed E-state index contributed by atoms with van der Waals surface area (Å²) in [4.78, 5) is 5.58. The zero-order valence-electron chi connectivity index (χ0n) is 13.5. The van der Waals surface area contributed by atoms with Crippen LogP contribution in [0.15, 0.2) is 35.4 Å². The number of rotatable bonds is 3. The Labute approximate surface area is 141 Å². The topological polar surface area (TPSA) is 51.4 Å². The van der Waals surface area contributed by atoms with Crippen LogP contribution in [0, 0.1) is 5.41 Å². The minimum Gasteiger partial charge on any atom is -0.481 e. The number of pyridine rings is 1. The van der Waals surface area contributed by atoms with Crippen molar-refractivity contribution in [1.82, 2.24) is 9.29 Å². The Bertz CT molecular complexity index is 704. The Hall–Kier alpha value is -1.30. The molecule has 4 rings (SSSR count). The molecule has 0 radical (unpaired) electrons. The van der Waals surface area contributed by atoms with Gasteiger partial charge < -0.3 is 10.5 Å². The summed E-state index contributed by atoms with van der Waals surface area (Å²) < 4.78 is 7.88. The van der Waals surface area contributed by atoms with Crippen LogP contribution < -0.4 is 10.5 Å². The zero-order chi connectivity index (χ0) is 15.9. The summed E-state index contributed by atoms with van der Waals surface area (Å²) in [7, 11) is 1.68. The van der Waals surface area contributed by atoms with Gasteiger partial charge in [-0.05, 0) is 61.2 Å². The van der Waals surface area contributed by atoms with Crippen molar-refractivity contribution in [2.45, 2.75) is 36.6 Å². The van der Waals surface area contributed by atoms with Gasteiger partial charge in [-0.3, -0.25) is 0 Å². The van der Waals surface area contributed by atoms with E-state index in [0.717, 1.165) is 18.5 Å². The van der Waals surface area contributed by atoms with Crippen molar-refractivity contribution in [3.8, 4) is 5.88 Å². The van der Waals surface area contributed by atoms with E-state index in [2.05, 4.69) is 33.6 Å². The maximum absolute atomic E-state index is 6.00. The molecule has 0 bridgehead atoms. The normalized spacial score (nSPS) is 21.5. The van der Waals surface area contributed by atoms with Crippen molar-refractivity contribution < 1.29 is 4.74 Å². The molecule has 0 unspecified atom stereocenters. The van der Waals surface area contributed by atoms with Gasteiger partial charge in [0.15, 0.2) is 0 Å². The predicted molar refractivity (Wildman–Crippen MR) is 94.6 cm³/mol. The van der Waals surface area contributed by atoms with E-state index in [1.807, 2.05) is 18.1 Å². The number of methoxy groups -OCH3 is 1. The molecule has 0 atom stereocenters. The molecule has 1 saturated carbocycles. The fourth-order valence-electron chi connectivity index (χ4n) is 4.05. The molecule has 5 heteroatoms. The molecule has 2 N–H and O–H groups in total. The van der Waals surface area contributed by atoms with Crippen LogP contribution in [0.1, 0.15) is 25.7 Å². The van der Waals surface area contributed by atoms with E-state index in [1.54, 1.807) is 7.11 Å². The van der Waals surface area contributed by atoms with Crippen LogP contribution >= 0.6 is 11.9 Å². The molecular formula is C18H23N3OS. The zero-order valence-corrected chi connectivity index (χ0v) is 14.3. The lowest BCUT2D eigenvalue weighted by Gasteiger charge is -2.50. The Morgan fingerprint density at radius 2 is 2.00 bits per heavy atom. The van der Waals surface area contributed by atoms with Crippen molar-refractivity contribution >= 4 is 22.7 Å². The van der Waals surface area contributed by atoms with Crippen molar-refractivity contribution in [2.75, 3.05) is 20.2 Å².